The highest BCUT2D eigenvalue weighted by Gasteiger charge is 2.11. The molecule has 0 aliphatic heterocycles. The van der Waals surface area contributed by atoms with Gasteiger partial charge < -0.3 is 4.74 Å². The highest BCUT2D eigenvalue weighted by Crippen LogP contribution is 2.16. The monoisotopic (exact) mass is 266 g/mol. The topological polar surface area (TPSA) is 94.9 Å². The van der Waals surface area contributed by atoms with Crippen molar-refractivity contribution in [3.8, 4) is 17.1 Å². The molecule has 0 N–H and O–H groups in total. The van der Waals surface area contributed by atoms with E-state index >= 15 is 0 Å². The van der Waals surface area contributed by atoms with E-state index in [2.05, 4.69) is 20.2 Å². The van der Waals surface area contributed by atoms with E-state index in [1.165, 1.54) is 19.5 Å². The molecular formula is C10H10N4O3S. The molecule has 0 radical (unpaired) electrons. The minimum atomic E-state index is -3.39. The molecule has 0 amide bonds. The van der Waals surface area contributed by atoms with Gasteiger partial charge in [-0.2, -0.15) is 0 Å². The van der Waals surface area contributed by atoms with Crippen molar-refractivity contribution in [3.63, 3.8) is 0 Å². The molecular weight excluding hydrogens is 256 g/mol. The fourth-order valence-electron chi connectivity index (χ4n) is 1.22. The summed E-state index contributed by atoms with van der Waals surface area (Å²) in [4.78, 5) is 7.54. The Morgan fingerprint density at radius 1 is 1.11 bits per heavy atom. The summed E-state index contributed by atoms with van der Waals surface area (Å²) >= 11 is 0. The molecule has 94 valence electrons. The zero-order chi connectivity index (χ0) is 13.2. The van der Waals surface area contributed by atoms with Crippen LogP contribution in [0.5, 0.6) is 5.88 Å². The molecule has 0 atom stereocenters. The molecule has 0 aliphatic rings. The Labute approximate surface area is 104 Å². The van der Waals surface area contributed by atoms with Crippen molar-refractivity contribution in [2.45, 2.75) is 5.16 Å². The summed E-state index contributed by atoms with van der Waals surface area (Å²) in [6.45, 7) is 0. The molecule has 7 nitrogen and oxygen atoms in total. The third-order valence-electron chi connectivity index (χ3n) is 2.10. The van der Waals surface area contributed by atoms with Crippen LogP contribution in [0.4, 0.5) is 0 Å². The van der Waals surface area contributed by atoms with E-state index in [0.717, 1.165) is 6.26 Å². The van der Waals surface area contributed by atoms with Gasteiger partial charge in [-0.05, 0) is 6.07 Å². The first-order chi connectivity index (χ1) is 8.50. The normalized spacial score (nSPS) is 11.2. The van der Waals surface area contributed by atoms with E-state index < -0.39 is 9.84 Å². The molecule has 0 aliphatic carbocycles. The van der Waals surface area contributed by atoms with Gasteiger partial charge in [0.15, 0.2) is 0 Å². The lowest BCUT2D eigenvalue weighted by molar-refractivity contribution is 0.392. The molecule has 0 spiro atoms. The zero-order valence-electron chi connectivity index (χ0n) is 9.73. The van der Waals surface area contributed by atoms with Gasteiger partial charge >= 0.3 is 0 Å². The Kier molecular flexibility index (Phi) is 3.19. The van der Waals surface area contributed by atoms with Crippen molar-refractivity contribution in [1.82, 2.24) is 20.2 Å². The maximum absolute atomic E-state index is 11.2. The molecule has 8 heteroatoms. The molecule has 2 aromatic rings. The van der Waals surface area contributed by atoms with Gasteiger partial charge in [-0.15, -0.1) is 10.2 Å². The standard InChI is InChI=1S/C10H10N4O3S/c1-17-9-4-3-8(13-14-9)7-5-11-10(12-6-7)18(2,15)16/h3-6H,1-2H3. The van der Waals surface area contributed by atoms with Crippen molar-refractivity contribution >= 4 is 9.84 Å². The molecule has 2 rings (SSSR count). The lowest BCUT2D eigenvalue weighted by atomic mass is 10.2. The number of hydrogen-bond acceptors (Lipinski definition) is 7. The molecule has 0 saturated heterocycles. The molecule has 2 aromatic heterocycles. The van der Waals surface area contributed by atoms with Gasteiger partial charge in [-0.25, -0.2) is 18.4 Å². The van der Waals surface area contributed by atoms with Crippen molar-refractivity contribution in [2.24, 2.45) is 0 Å². The van der Waals surface area contributed by atoms with Crippen molar-refractivity contribution < 1.29 is 13.2 Å². The number of aromatic nitrogens is 4. The van der Waals surface area contributed by atoms with Gasteiger partial charge in [0.2, 0.25) is 20.9 Å². The van der Waals surface area contributed by atoms with Crippen LogP contribution in [0.15, 0.2) is 29.7 Å². The molecule has 0 bridgehead atoms. The summed E-state index contributed by atoms with van der Waals surface area (Å²) in [6, 6.07) is 3.33. The molecule has 18 heavy (non-hydrogen) atoms. The highest BCUT2D eigenvalue weighted by atomic mass is 32.2. The van der Waals surface area contributed by atoms with Crippen LogP contribution in [0.1, 0.15) is 0 Å². The molecule has 2 heterocycles. The largest absolute Gasteiger partial charge is 0.480 e. The van der Waals surface area contributed by atoms with E-state index in [9.17, 15) is 8.42 Å². The minimum Gasteiger partial charge on any atom is -0.480 e. The fraction of sp³-hybridized carbons (Fsp3) is 0.200. The smallest absolute Gasteiger partial charge is 0.246 e. The van der Waals surface area contributed by atoms with E-state index in [4.69, 9.17) is 4.74 Å². The second-order valence-electron chi connectivity index (χ2n) is 3.49. The highest BCUT2D eigenvalue weighted by molar-refractivity contribution is 7.90. The van der Waals surface area contributed by atoms with Crippen LogP contribution in [0.25, 0.3) is 11.3 Å². The third-order valence-corrected chi connectivity index (χ3v) is 2.98. The second-order valence-corrected chi connectivity index (χ2v) is 5.40. The number of ether oxygens (including phenoxy) is 1. The van der Waals surface area contributed by atoms with Gasteiger partial charge in [0.1, 0.15) is 0 Å². The van der Waals surface area contributed by atoms with Crippen molar-refractivity contribution in [1.29, 1.82) is 0 Å². The Balaban J connectivity index is 2.34. The molecule has 0 saturated carbocycles. The Morgan fingerprint density at radius 3 is 2.22 bits per heavy atom. The number of nitrogens with zero attached hydrogens (tertiary/aromatic N) is 4. The second kappa shape index (κ2) is 4.65. The van der Waals surface area contributed by atoms with E-state index in [0.29, 0.717) is 17.1 Å². The Bertz CT molecular complexity index is 638. The first kappa shape index (κ1) is 12.4. The van der Waals surface area contributed by atoms with Crippen LogP contribution >= 0.6 is 0 Å². The first-order valence-corrected chi connectivity index (χ1v) is 6.80. The predicted octanol–water partition coefficient (Wildman–Crippen LogP) is 0.346. The van der Waals surface area contributed by atoms with Crippen LogP contribution in [-0.2, 0) is 9.84 Å². The van der Waals surface area contributed by atoms with Crippen LogP contribution in [-0.4, -0.2) is 41.9 Å². The summed E-state index contributed by atoms with van der Waals surface area (Å²) in [5, 5.41) is 7.49. The van der Waals surface area contributed by atoms with Crippen LogP contribution in [0, 0.1) is 0 Å². The van der Waals surface area contributed by atoms with Gasteiger partial charge in [-0.1, -0.05) is 0 Å². The summed E-state index contributed by atoms with van der Waals surface area (Å²) in [6.07, 6.45) is 3.83. The SMILES string of the molecule is COc1ccc(-c2cnc(S(C)(=O)=O)nc2)nn1. The number of hydrogen-bond donors (Lipinski definition) is 0. The van der Waals surface area contributed by atoms with Gasteiger partial charge in [0.25, 0.3) is 0 Å². The van der Waals surface area contributed by atoms with Crippen LogP contribution in [0.2, 0.25) is 0 Å². The molecule has 0 fully saturated rings. The van der Waals surface area contributed by atoms with Crippen molar-refractivity contribution in [3.05, 3.63) is 24.5 Å². The summed E-state index contributed by atoms with van der Waals surface area (Å²) in [7, 11) is -1.90. The maximum Gasteiger partial charge on any atom is 0.246 e. The maximum atomic E-state index is 11.2. The Hall–Kier alpha value is -2.09. The van der Waals surface area contributed by atoms with Gasteiger partial charge in [0.05, 0.1) is 12.8 Å². The van der Waals surface area contributed by atoms with Gasteiger partial charge in [-0.3, -0.25) is 0 Å². The third kappa shape index (κ3) is 2.59. The lowest BCUT2D eigenvalue weighted by Gasteiger charge is -2.01. The number of sulfone groups is 1. The van der Waals surface area contributed by atoms with Crippen LogP contribution in [0.3, 0.4) is 0 Å². The first-order valence-electron chi connectivity index (χ1n) is 4.91. The average Bonchev–Trinajstić information content (AvgIpc) is 2.38. The minimum absolute atomic E-state index is 0.215. The van der Waals surface area contributed by atoms with E-state index in [-0.39, 0.29) is 5.16 Å². The number of rotatable bonds is 3. The Morgan fingerprint density at radius 2 is 1.78 bits per heavy atom. The number of methoxy groups -OCH3 is 1. The fourth-order valence-corrected chi connectivity index (χ4v) is 1.71. The van der Waals surface area contributed by atoms with Crippen LogP contribution < -0.4 is 4.74 Å². The summed E-state index contributed by atoms with van der Waals surface area (Å²) in [5.41, 5.74) is 1.12. The summed E-state index contributed by atoms with van der Waals surface area (Å²) < 4.78 is 27.3. The van der Waals surface area contributed by atoms with E-state index in [1.807, 2.05) is 0 Å². The van der Waals surface area contributed by atoms with Gasteiger partial charge in [0, 0.05) is 30.3 Å². The molecule has 0 unspecified atom stereocenters. The predicted molar refractivity (Wildman–Crippen MR) is 62.7 cm³/mol. The quantitative estimate of drug-likeness (QED) is 0.739. The molecule has 0 aromatic carbocycles. The van der Waals surface area contributed by atoms with E-state index in [1.54, 1.807) is 12.1 Å². The van der Waals surface area contributed by atoms with Crippen molar-refractivity contribution in [2.75, 3.05) is 13.4 Å². The lowest BCUT2D eigenvalue weighted by Crippen LogP contribution is -2.03. The average molecular weight is 266 g/mol. The zero-order valence-corrected chi connectivity index (χ0v) is 10.5. The summed E-state index contributed by atoms with van der Waals surface area (Å²) in [5.74, 6) is 0.396.